The van der Waals surface area contributed by atoms with Crippen LogP contribution in [0.5, 0.6) is 11.5 Å². The summed E-state index contributed by atoms with van der Waals surface area (Å²) in [6.45, 7) is 4.46. The highest BCUT2D eigenvalue weighted by molar-refractivity contribution is 8.15. The topological polar surface area (TPSA) is 220 Å². The number of fused-ring (bicyclic) bond motifs is 2. The molecule has 5 heterocycles. The van der Waals surface area contributed by atoms with Gasteiger partial charge in [0.25, 0.3) is 16.4 Å². The highest BCUT2D eigenvalue weighted by atomic mass is 32.2. The van der Waals surface area contributed by atoms with E-state index in [4.69, 9.17) is 14.5 Å². The molecule has 0 aliphatic carbocycles. The van der Waals surface area contributed by atoms with Crippen LogP contribution in [0.4, 0.5) is 4.79 Å². The van der Waals surface area contributed by atoms with Gasteiger partial charge in [-0.3, -0.25) is 29.6 Å². The first-order valence-electron chi connectivity index (χ1n) is 19.7. The number of thioether (sulfide) groups is 1. The van der Waals surface area contributed by atoms with E-state index in [1.54, 1.807) is 6.07 Å². The Labute approximate surface area is 350 Å². The summed E-state index contributed by atoms with van der Waals surface area (Å²) >= 11 is 1.00. The summed E-state index contributed by atoms with van der Waals surface area (Å²) in [5.41, 5.74) is 5.67. The van der Waals surface area contributed by atoms with Crippen molar-refractivity contribution in [2.24, 2.45) is 0 Å². The third kappa shape index (κ3) is 8.16. The lowest BCUT2D eigenvalue weighted by molar-refractivity contribution is -0.118. The van der Waals surface area contributed by atoms with Crippen LogP contribution in [-0.2, 0) is 30.7 Å². The van der Waals surface area contributed by atoms with Crippen LogP contribution >= 0.6 is 11.8 Å². The molecule has 2 atom stereocenters. The lowest BCUT2D eigenvalue weighted by Gasteiger charge is -2.13. The first kappa shape index (κ1) is 39.1. The third-order valence-corrected chi connectivity index (χ3v) is 11.4. The molecule has 61 heavy (non-hydrogen) atoms. The van der Waals surface area contributed by atoms with Crippen LogP contribution in [0, 0.1) is 0 Å². The standard InChI is InChI=1S/C43H39N11O6S/c1-3-6-35-46-36-37(53(35)23-26-9-13-27(14-10-26)30-7-4-5-8-31(30)39-48-51-52-49-39)42(57)54(50-41(36)56)19-20-59-29-17-18-32-33(22-29)45-38(44-32)24(2)60-28-15-11-25(12-16-28)21-34-40(55)47-43(58)61-34/h4-5,7-18,22,24,34H,3,6,19-21,23H2,1-2H3,(H,44,45)(H,50,56)(H,47,55,58)(H,48,49,51,52). The maximum atomic E-state index is 14.0. The Balaban J connectivity index is 0.872. The van der Waals surface area contributed by atoms with E-state index in [1.165, 1.54) is 4.68 Å². The summed E-state index contributed by atoms with van der Waals surface area (Å²) in [6.07, 6.45) is 1.41. The molecule has 0 spiro atoms. The number of nitrogens with zero attached hydrogens (tertiary/aromatic N) is 7. The molecule has 0 radical (unpaired) electrons. The first-order chi connectivity index (χ1) is 29.7. The van der Waals surface area contributed by atoms with Crippen LogP contribution in [0.15, 0.2) is 101 Å². The number of nitrogens with one attached hydrogen (secondary N) is 4. The van der Waals surface area contributed by atoms with Gasteiger partial charge >= 0.3 is 0 Å². The van der Waals surface area contributed by atoms with Crippen molar-refractivity contribution in [2.45, 2.75) is 57.6 Å². The van der Waals surface area contributed by atoms with Gasteiger partial charge in [-0.2, -0.15) is 0 Å². The normalized spacial score (nSPS) is 14.5. The van der Waals surface area contributed by atoms with Crippen molar-refractivity contribution in [2.75, 3.05) is 6.61 Å². The van der Waals surface area contributed by atoms with Crippen LogP contribution in [-0.4, -0.2) is 72.9 Å². The predicted molar refractivity (Wildman–Crippen MR) is 228 cm³/mol. The van der Waals surface area contributed by atoms with Gasteiger partial charge in [-0.1, -0.05) is 79.3 Å². The molecule has 0 saturated carbocycles. The van der Waals surface area contributed by atoms with Gasteiger partial charge in [-0.25, -0.2) is 19.7 Å². The van der Waals surface area contributed by atoms with Crippen molar-refractivity contribution in [3.63, 3.8) is 0 Å². The van der Waals surface area contributed by atoms with E-state index >= 15 is 0 Å². The van der Waals surface area contributed by atoms with Gasteiger partial charge in [0, 0.05) is 24.6 Å². The minimum absolute atomic E-state index is 0.0911. The summed E-state index contributed by atoms with van der Waals surface area (Å²) in [4.78, 5) is 63.5. The number of carbonyl (C=O) groups is 2. The monoisotopic (exact) mass is 837 g/mol. The molecule has 1 fully saturated rings. The maximum absolute atomic E-state index is 14.0. The number of aromatic amines is 3. The quantitative estimate of drug-likeness (QED) is 0.0974. The molecule has 4 N–H and O–H groups in total. The van der Waals surface area contributed by atoms with Gasteiger partial charge in [-0.15, -0.1) is 5.10 Å². The van der Waals surface area contributed by atoms with Crippen molar-refractivity contribution >= 4 is 45.0 Å². The number of H-pyrrole nitrogens is 3. The van der Waals surface area contributed by atoms with E-state index in [0.29, 0.717) is 48.4 Å². The van der Waals surface area contributed by atoms with E-state index in [9.17, 15) is 19.2 Å². The fraction of sp³-hybridized carbons (Fsp3) is 0.233. The molecule has 1 saturated heterocycles. The molecule has 9 rings (SSSR count). The van der Waals surface area contributed by atoms with Crippen molar-refractivity contribution in [1.29, 1.82) is 0 Å². The van der Waals surface area contributed by atoms with Crippen molar-refractivity contribution in [1.82, 2.24) is 55.2 Å². The molecule has 0 bridgehead atoms. The fourth-order valence-electron chi connectivity index (χ4n) is 7.41. The number of aromatic nitrogens is 10. The number of carbonyl (C=O) groups excluding carboxylic acids is 2. The zero-order valence-corrected chi connectivity index (χ0v) is 33.9. The van der Waals surface area contributed by atoms with Crippen LogP contribution in [0.3, 0.4) is 0 Å². The van der Waals surface area contributed by atoms with E-state index < -0.39 is 16.9 Å². The molecule has 2 amide bonds. The lowest BCUT2D eigenvalue weighted by atomic mass is 9.98. The molecule has 1 aliphatic rings. The predicted octanol–water partition coefficient (Wildman–Crippen LogP) is 5.72. The number of tetrazole rings is 1. The Hall–Kier alpha value is -7.34. The van der Waals surface area contributed by atoms with E-state index in [0.717, 1.165) is 57.0 Å². The van der Waals surface area contributed by atoms with Gasteiger partial charge in [0.2, 0.25) is 5.91 Å². The number of ether oxygens (including phenoxy) is 2. The average molecular weight is 838 g/mol. The molecule has 308 valence electrons. The number of aryl methyl sites for hydroxylation is 1. The molecular formula is C43H39N11O6S. The van der Waals surface area contributed by atoms with Crippen LogP contribution < -0.4 is 25.9 Å². The average Bonchev–Trinajstić information content (AvgIpc) is 4.08. The van der Waals surface area contributed by atoms with Gasteiger partial charge in [0.05, 0.1) is 22.8 Å². The maximum Gasteiger partial charge on any atom is 0.291 e. The van der Waals surface area contributed by atoms with Gasteiger partial charge < -0.3 is 19.0 Å². The minimum atomic E-state index is -0.451. The SMILES string of the molecule is CCCc1nc2c(=O)[nH]n(CCOc3ccc4nc(C(C)Oc5ccc(CC6SC(=O)NC6=O)cc5)[nH]c4c3)c(=O)c2n1Cc1ccc(-c2ccccc2-c2nnn[nH]2)cc1. The molecule has 8 aromatic rings. The number of benzene rings is 4. The first-order valence-corrected chi connectivity index (χ1v) is 20.6. The van der Waals surface area contributed by atoms with E-state index in [-0.39, 0.29) is 40.9 Å². The number of imide groups is 1. The Morgan fingerprint density at radius 1 is 0.885 bits per heavy atom. The second kappa shape index (κ2) is 16.7. The molecule has 1 aliphatic heterocycles. The second-order valence-corrected chi connectivity index (χ2v) is 15.8. The summed E-state index contributed by atoms with van der Waals surface area (Å²) < 4.78 is 15.3. The van der Waals surface area contributed by atoms with Crippen molar-refractivity contribution in [3.8, 4) is 34.0 Å². The smallest absolute Gasteiger partial charge is 0.291 e. The molecule has 4 aromatic heterocycles. The van der Waals surface area contributed by atoms with Crippen LogP contribution in [0.2, 0.25) is 0 Å². The number of imidazole rings is 2. The number of hydrogen-bond acceptors (Lipinski definition) is 12. The van der Waals surface area contributed by atoms with Gasteiger partial charge in [0.1, 0.15) is 35.3 Å². The highest BCUT2D eigenvalue weighted by Crippen LogP contribution is 2.31. The summed E-state index contributed by atoms with van der Waals surface area (Å²) in [7, 11) is 0. The zero-order chi connectivity index (χ0) is 42.0. The van der Waals surface area contributed by atoms with Crippen LogP contribution in [0.25, 0.3) is 44.6 Å². The largest absolute Gasteiger partial charge is 0.492 e. The molecular weight excluding hydrogens is 799 g/mol. The molecule has 17 nitrogen and oxygen atoms in total. The zero-order valence-electron chi connectivity index (χ0n) is 33.0. The summed E-state index contributed by atoms with van der Waals surface area (Å²) in [5, 5.41) is 18.6. The van der Waals surface area contributed by atoms with Gasteiger partial charge in [-0.05, 0) is 76.7 Å². The molecule has 18 heteroatoms. The van der Waals surface area contributed by atoms with Gasteiger partial charge in [0.15, 0.2) is 17.4 Å². The lowest BCUT2D eigenvalue weighted by Crippen LogP contribution is -2.32. The Kier molecular flexibility index (Phi) is 10.7. The Morgan fingerprint density at radius 3 is 2.39 bits per heavy atom. The number of rotatable bonds is 15. The van der Waals surface area contributed by atoms with Crippen molar-refractivity contribution < 1.29 is 19.1 Å². The summed E-state index contributed by atoms with van der Waals surface area (Å²) in [5.74, 6) is 2.77. The number of amides is 2. The Bertz CT molecular complexity index is 3010. The number of hydrogen-bond donors (Lipinski definition) is 4. The highest BCUT2D eigenvalue weighted by Gasteiger charge is 2.31. The molecule has 2 unspecified atom stereocenters. The van der Waals surface area contributed by atoms with Crippen LogP contribution in [0.1, 0.15) is 49.1 Å². The fourth-order valence-corrected chi connectivity index (χ4v) is 8.27. The van der Waals surface area contributed by atoms with E-state index in [1.807, 2.05) is 103 Å². The third-order valence-electron chi connectivity index (χ3n) is 10.4. The summed E-state index contributed by atoms with van der Waals surface area (Å²) in [6, 6.07) is 28.8. The molecule has 4 aromatic carbocycles. The Morgan fingerprint density at radius 2 is 1.66 bits per heavy atom. The second-order valence-electron chi connectivity index (χ2n) is 14.6. The minimum Gasteiger partial charge on any atom is -0.492 e. The van der Waals surface area contributed by atoms with E-state index in [2.05, 4.69) is 41.0 Å². The van der Waals surface area contributed by atoms with Crippen molar-refractivity contribution in [3.05, 3.63) is 134 Å².